The fraction of sp³-hybridized carbons (Fsp3) is 0.467. The molecule has 3 rings (SSSR count). The van der Waals surface area contributed by atoms with Gasteiger partial charge in [-0.3, -0.25) is 19.2 Å². The molecular formula is C30H42ClN5O7. The number of nitrogens with two attached hydrogens (primary N) is 1. The lowest BCUT2D eigenvalue weighted by molar-refractivity contribution is -0.137. The van der Waals surface area contributed by atoms with Crippen LogP contribution in [-0.4, -0.2) is 75.0 Å². The average molecular weight is 620 g/mol. The number of carbonyl (C=O) groups is 4. The number of ether oxygens (including phenoxy) is 3. The molecule has 0 aliphatic carbocycles. The summed E-state index contributed by atoms with van der Waals surface area (Å²) in [5, 5.41) is 8.54. The molecule has 0 aromatic heterocycles. The van der Waals surface area contributed by atoms with E-state index in [4.69, 9.17) is 19.9 Å². The lowest BCUT2D eigenvalue weighted by Crippen LogP contribution is -2.52. The zero-order valence-corrected chi connectivity index (χ0v) is 25.9. The lowest BCUT2D eigenvalue weighted by Gasteiger charge is -2.26. The van der Waals surface area contributed by atoms with Crippen LogP contribution in [-0.2, 0) is 20.9 Å². The van der Waals surface area contributed by atoms with Gasteiger partial charge in [-0.2, -0.15) is 0 Å². The number of rotatable bonds is 5. The molecule has 0 saturated heterocycles. The number of hydrogen-bond acceptors (Lipinski definition) is 8. The summed E-state index contributed by atoms with van der Waals surface area (Å²) >= 11 is 0. The molecule has 12 nitrogen and oxygen atoms in total. The highest BCUT2D eigenvalue weighted by atomic mass is 35.5. The Balaban J connectivity index is 0.00000645. The number of methoxy groups -OCH3 is 2. The highest BCUT2D eigenvalue weighted by molar-refractivity contribution is 5.95. The fourth-order valence-electron chi connectivity index (χ4n) is 4.54. The molecule has 43 heavy (non-hydrogen) atoms. The van der Waals surface area contributed by atoms with Crippen molar-refractivity contribution in [1.29, 1.82) is 0 Å². The van der Waals surface area contributed by atoms with Crippen LogP contribution in [0.5, 0.6) is 23.0 Å². The van der Waals surface area contributed by atoms with Crippen molar-refractivity contribution in [3.63, 3.8) is 0 Å². The van der Waals surface area contributed by atoms with Crippen molar-refractivity contribution >= 4 is 36.0 Å². The molecule has 13 heteroatoms. The Morgan fingerprint density at radius 1 is 1.05 bits per heavy atom. The molecule has 0 spiro atoms. The van der Waals surface area contributed by atoms with E-state index in [1.54, 1.807) is 36.4 Å². The molecule has 2 aromatic rings. The molecular weight excluding hydrogens is 578 g/mol. The second kappa shape index (κ2) is 17.2. The minimum atomic E-state index is -0.847. The third kappa shape index (κ3) is 9.75. The van der Waals surface area contributed by atoms with Crippen LogP contribution in [0.15, 0.2) is 36.4 Å². The van der Waals surface area contributed by atoms with Crippen molar-refractivity contribution in [3.05, 3.63) is 47.5 Å². The van der Waals surface area contributed by atoms with Crippen molar-refractivity contribution in [1.82, 2.24) is 20.9 Å². The minimum Gasteiger partial charge on any atom is -0.496 e. The first-order chi connectivity index (χ1) is 20.2. The smallest absolute Gasteiger partial charge is 0.251 e. The quantitative estimate of drug-likeness (QED) is 0.397. The molecule has 1 aliphatic rings. The standard InChI is InChI=1S/C30H41N5O7.ClH/c1-19(2)28-30(39)33-17-21-22(40-3)8-7-9-23(21)42-25-16-20(10-11-24(25)41-4)29(38)32-14-5-6-15-35(18-26(36)34-28)27(37)12-13-31;/h7-11,16,19,28H,5-6,12-15,17-18,31H2,1-4H3,(H,32,38)(H,33,39)(H,34,36);1H. The van der Waals surface area contributed by atoms with Crippen LogP contribution in [0.3, 0.4) is 0 Å². The van der Waals surface area contributed by atoms with Gasteiger partial charge in [0.05, 0.1) is 32.9 Å². The molecule has 4 amide bonds. The molecule has 0 radical (unpaired) electrons. The summed E-state index contributed by atoms with van der Waals surface area (Å²) in [7, 11) is 3.01. The molecule has 0 fully saturated rings. The second-order valence-electron chi connectivity index (χ2n) is 10.2. The SMILES string of the molecule is COc1ccc2cc1Oc1cccc(OC)c1CNC(=O)C(C(C)C)NC(=O)CN(C(=O)CCN)CCCCNC2=O.Cl. The highest BCUT2D eigenvalue weighted by Crippen LogP contribution is 2.37. The first-order valence-electron chi connectivity index (χ1n) is 14.0. The molecule has 1 heterocycles. The average Bonchev–Trinajstić information content (AvgIpc) is 2.97. The van der Waals surface area contributed by atoms with Crippen molar-refractivity contribution < 1.29 is 33.4 Å². The normalized spacial score (nSPS) is 16.8. The summed E-state index contributed by atoms with van der Waals surface area (Å²) in [5.74, 6) is -0.0586. The van der Waals surface area contributed by atoms with Gasteiger partial charge in [0.25, 0.3) is 5.91 Å². The molecule has 2 bridgehead atoms. The summed E-state index contributed by atoms with van der Waals surface area (Å²) in [6, 6.07) is 9.23. The molecule has 1 aliphatic heterocycles. The van der Waals surface area contributed by atoms with E-state index in [9.17, 15) is 19.2 Å². The molecule has 0 saturated carbocycles. The Labute approximate surface area is 258 Å². The molecule has 1 atom stereocenters. The van der Waals surface area contributed by atoms with Crippen molar-refractivity contribution in [2.24, 2.45) is 11.7 Å². The van der Waals surface area contributed by atoms with Gasteiger partial charge in [0, 0.05) is 31.6 Å². The van der Waals surface area contributed by atoms with Crippen molar-refractivity contribution in [3.8, 4) is 23.0 Å². The number of halogens is 1. The van der Waals surface area contributed by atoms with Crippen LogP contribution in [0.25, 0.3) is 0 Å². The number of benzene rings is 2. The number of fused-ring (bicyclic) bond motifs is 3. The van der Waals surface area contributed by atoms with Gasteiger partial charge in [-0.15, -0.1) is 12.4 Å². The van der Waals surface area contributed by atoms with Crippen LogP contribution >= 0.6 is 12.4 Å². The monoisotopic (exact) mass is 619 g/mol. The van der Waals surface area contributed by atoms with Crippen LogP contribution in [0, 0.1) is 5.92 Å². The minimum absolute atomic E-state index is 0. The van der Waals surface area contributed by atoms with Gasteiger partial charge in [0.1, 0.15) is 17.5 Å². The number of carbonyl (C=O) groups excluding carboxylic acids is 4. The summed E-state index contributed by atoms with van der Waals surface area (Å²) < 4.78 is 17.2. The van der Waals surface area contributed by atoms with Crippen molar-refractivity contribution in [2.75, 3.05) is 40.4 Å². The third-order valence-electron chi connectivity index (χ3n) is 6.85. The second-order valence-corrected chi connectivity index (χ2v) is 10.2. The fourth-order valence-corrected chi connectivity index (χ4v) is 4.54. The van der Waals surface area contributed by atoms with Gasteiger partial charge in [0.2, 0.25) is 17.7 Å². The van der Waals surface area contributed by atoms with E-state index < -0.39 is 17.9 Å². The van der Waals surface area contributed by atoms with Crippen molar-refractivity contribution in [2.45, 2.75) is 45.7 Å². The predicted molar refractivity (Wildman–Crippen MR) is 164 cm³/mol. The first-order valence-corrected chi connectivity index (χ1v) is 14.0. The summed E-state index contributed by atoms with van der Waals surface area (Å²) in [4.78, 5) is 53.4. The Morgan fingerprint density at radius 3 is 2.47 bits per heavy atom. The Kier molecular flexibility index (Phi) is 14.0. The van der Waals surface area contributed by atoms with Gasteiger partial charge in [-0.25, -0.2) is 0 Å². The summed E-state index contributed by atoms with van der Waals surface area (Å²) in [6.45, 7) is 4.29. The van der Waals surface area contributed by atoms with Gasteiger partial charge < -0.3 is 40.8 Å². The lowest BCUT2D eigenvalue weighted by atomic mass is 10.0. The number of amides is 4. The van der Waals surface area contributed by atoms with E-state index in [1.165, 1.54) is 19.1 Å². The summed E-state index contributed by atoms with van der Waals surface area (Å²) in [6.07, 6.45) is 1.22. The van der Waals surface area contributed by atoms with E-state index in [0.717, 1.165) is 0 Å². The largest absolute Gasteiger partial charge is 0.496 e. The van der Waals surface area contributed by atoms with Crippen LogP contribution < -0.4 is 35.9 Å². The maximum Gasteiger partial charge on any atom is 0.251 e. The molecule has 2 aromatic carbocycles. The number of nitrogens with zero attached hydrogens (tertiary/aromatic N) is 1. The van der Waals surface area contributed by atoms with Gasteiger partial charge in [0.15, 0.2) is 11.5 Å². The van der Waals surface area contributed by atoms with E-state index in [1.807, 2.05) is 13.8 Å². The zero-order chi connectivity index (χ0) is 30.6. The predicted octanol–water partition coefficient (Wildman–Crippen LogP) is 2.38. The zero-order valence-electron chi connectivity index (χ0n) is 25.1. The van der Waals surface area contributed by atoms with E-state index in [-0.39, 0.29) is 56.2 Å². The van der Waals surface area contributed by atoms with Crippen LogP contribution in [0.4, 0.5) is 0 Å². The van der Waals surface area contributed by atoms with Crippen LogP contribution in [0.1, 0.15) is 49.0 Å². The number of nitrogens with one attached hydrogen (secondary N) is 3. The maximum absolute atomic E-state index is 13.3. The van der Waals surface area contributed by atoms with E-state index in [0.29, 0.717) is 60.1 Å². The van der Waals surface area contributed by atoms with E-state index in [2.05, 4.69) is 16.0 Å². The first kappa shape index (κ1) is 35.2. The van der Waals surface area contributed by atoms with E-state index >= 15 is 0 Å². The Bertz CT molecular complexity index is 1270. The third-order valence-corrected chi connectivity index (χ3v) is 6.85. The van der Waals surface area contributed by atoms with Crippen LogP contribution in [0.2, 0.25) is 0 Å². The van der Waals surface area contributed by atoms with Gasteiger partial charge >= 0.3 is 0 Å². The van der Waals surface area contributed by atoms with Gasteiger partial charge in [-0.1, -0.05) is 19.9 Å². The Hall–Kier alpha value is -4.03. The topological polar surface area (TPSA) is 161 Å². The molecule has 236 valence electrons. The molecule has 5 N–H and O–H groups in total. The Morgan fingerprint density at radius 2 is 1.79 bits per heavy atom. The summed E-state index contributed by atoms with van der Waals surface area (Å²) in [5.41, 5.74) is 6.50. The molecule has 1 unspecified atom stereocenters. The highest BCUT2D eigenvalue weighted by Gasteiger charge is 2.27. The van der Waals surface area contributed by atoms with Gasteiger partial charge in [-0.05, 0) is 49.1 Å². The number of hydrogen-bond donors (Lipinski definition) is 4. The maximum atomic E-state index is 13.3.